The molecule has 1 atom stereocenters. The first kappa shape index (κ1) is 19.7. The molecule has 0 spiro atoms. The lowest BCUT2D eigenvalue weighted by atomic mass is 9.49. The molecule has 6 nitrogen and oxygen atoms in total. The van der Waals surface area contributed by atoms with Crippen LogP contribution in [0.3, 0.4) is 0 Å². The zero-order valence-electron chi connectivity index (χ0n) is 17.6. The normalized spacial score (nSPS) is 34.6. The van der Waals surface area contributed by atoms with Gasteiger partial charge in [-0.2, -0.15) is 0 Å². The van der Waals surface area contributed by atoms with E-state index in [1.54, 1.807) is 24.3 Å². The number of esters is 1. The third-order valence-electron chi connectivity index (χ3n) is 8.02. The van der Waals surface area contributed by atoms with Crippen LogP contribution in [0.4, 0.5) is 5.69 Å². The zero-order valence-corrected chi connectivity index (χ0v) is 17.6. The monoisotopic (exact) mass is 411 g/mol. The first-order valence-corrected chi connectivity index (χ1v) is 11.3. The molecule has 0 aromatic heterocycles. The highest BCUT2D eigenvalue weighted by atomic mass is 16.5. The molecule has 2 N–H and O–H groups in total. The van der Waals surface area contributed by atoms with Crippen molar-refractivity contribution < 1.29 is 24.4 Å². The van der Waals surface area contributed by atoms with Gasteiger partial charge in [-0.1, -0.05) is 0 Å². The lowest BCUT2D eigenvalue weighted by Crippen LogP contribution is -2.92. The summed E-state index contributed by atoms with van der Waals surface area (Å²) in [6.07, 6.45) is 9.89. The van der Waals surface area contributed by atoms with Gasteiger partial charge in [0.05, 0.1) is 31.3 Å². The molecule has 1 heterocycles. The molecule has 4 bridgehead atoms. The van der Waals surface area contributed by atoms with Crippen LogP contribution >= 0.6 is 0 Å². The molecule has 4 saturated carbocycles. The molecule has 4 aliphatic carbocycles. The van der Waals surface area contributed by atoms with Crippen LogP contribution in [0.2, 0.25) is 0 Å². The second-order valence-electron chi connectivity index (χ2n) is 10.1. The van der Waals surface area contributed by atoms with Gasteiger partial charge in [0.2, 0.25) is 5.91 Å². The fourth-order valence-electron chi connectivity index (χ4n) is 7.16. The van der Waals surface area contributed by atoms with E-state index >= 15 is 0 Å². The van der Waals surface area contributed by atoms with Crippen molar-refractivity contribution in [2.75, 3.05) is 18.6 Å². The highest BCUT2D eigenvalue weighted by Gasteiger charge is 2.51. The third kappa shape index (κ3) is 3.45. The van der Waals surface area contributed by atoms with Gasteiger partial charge < -0.3 is 10.1 Å². The molecule has 0 unspecified atom stereocenters. The molecule has 6 rings (SSSR count). The molecule has 1 aliphatic heterocycles. The number of anilines is 1. The number of benzene rings is 1. The first-order valence-electron chi connectivity index (χ1n) is 11.3. The van der Waals surface area contributed by atoms with Crippen molar-refractivity contribution in [3.8, 4) is 0 Å². The Morgan fingerprint density at radius 1 is 1.07 bits per heavy atom. The molecule has 0 radical (unpaired) electrons. The minimum absolute atomic E-state index is 0.142. The summed E-state index contributed by atoms with van der Waals surface area (Å²) in [5.74, 6) is 2.08. The van der Waals surface area contributed by atoms with Gasteiger partial charge in [0.15, 0.2) is 6.04 Å². The van der Waals surface area contributed by atoms with Gasteiger partial charge in [-0.25, -0.2) is 9.69 Å². The summed E-state index contributed by atoms with van der Waals surface area (Å²) in [7, 11) is 1.33. The largest absolute Gasteiger partial charge is 0.465 e. The number of hydrogen-bond donors (Lipinski definition) is 1. The van der Waals surface area contributed by atoms with E-state index in [1.165, 1.54) is 57.0 Å². The number of nitrogens with two attached hydrogens (primary N) is 1. The lowest BCUT2D eigenvalue weighted by Gasteiger charge is -2.56. The van der Waals surface area contributed by atoms with Crippen LogP contribution in [0.15, 0.2) is 24.3 Å². The van der Waals surface area contributed by atoms with Crippen LogP contribution < -0.4 is 10.2 Å². The van der Waals surface area contributed by atoms with Crippen LogP contribution in [0.5, 0.6) is 0 Å². The molecule has 1 aromatic carbocycles. The quantitative estimate of drug-likeness (QED) is 0.575. The van der Waals surface area contributed by atoms with Gasteiger partial charge >= 0.3 is 5.97 Å². The van der Waals surface area contributed by atoms with E-state index in [0.717, 1.165) is 24.3 Å². The molecular weight excluding hydrogens is 380 g/mol. The van der Waals surface area contributed by atoms with E-state index in [9.17, 15) is 14.4 Å². The Hall–Kier alpha value is -2.21. The Morgan fingerprint density at radius 2 is 1.67 bits per heavy atom. The standard InChI is InChI=1S/C24H30N2O4/c1-30-23(29)18-2-4-19(5-3-18)26-21(27)11-20(22(26)28)25-7-6-24-12-15-8-16(13-24)10-17(9-15)14-24/h2-5,15-17,20,25H,6-14H2,1H3/p+1/t15?,16?,17?,20-,24?/m0/s1. The van der Waals surface area contributed by atoms with Crippen molar-refractivity contribution in [2.45, 2.75) is 57.4 Å². The number of carbonyl (C=O) groups excluding carboxylic acids is 3. The van der Waals surface area contributed by atoms with Gasteiger partial charge in [0, 0.05) is 6.42 Å². The Labute approximate surface area is 177 Å². The Morgan fingerprint density at radius 3 is 2.23 bits per heavy atom. The maximum atomic E-state index is 12.9. The smallest absolute Gasteiger partial charge is 0.337 e. The topological polar surface area (TPSA) is 80.3 Å². The van der Waals surface area contributed by atoms with Crippen molar-refractivity contribution in [1.29, 1.82) is 0 Å². The summed E-state index contributed by atoms with van der Waals surface area (Å²) in [6, 6.07) is 6.13. The highest BCUT2D eigenvalue weighted by molar-refractivity contribution is 6.21. The summed E-state index contributed by atoms with van der Waals surface area (Å²) in [4.78, 5) is 38.3. The van der Waals surface area contributed by atoms with Gasteiger partial charge in [-0.15, -0.1) is 0 Å². The summed E-state index contributed by atoms with van der Waals surface area (Å²) in [5.41, 5.74) is 1.43. The van der Waals surface area contributed by atoms with Gasteiger partial charge in [-0.05, 0) is 86.0 Å². The Balaban J connectivity index is 1.19. The first-order chi connectivity index (χ1) is 14.5. The molecule has 1 aromatic rings. The predicted octanol–water partition coefficient (Wildman–Crippen LogP) is 2.27. The van der Waals surface area contributed by atoms with E-state index in [0.29, 0.717) is 16.7 Å². The minimum atomic E-state index is -0.434. The van der Waals surface area contributed by atoms with Crippen molar-refractivity contribution in [3.63, 3.8) is 0 Å². The van der Waals surface area contributed by atoms with Crippen LogP contribution in [0, 0.1) is 23.2 Å². The summed E-state index contributed by atoms with van der Waals surface area (Å²) < 4.78 is 4.70. The van der Waals surface area contributed by atoms with Crippen LogP contribution in [0.25, 0.3) is 0 Å². The lowest BCUT2D eigenvalue weighted by molar-refractivity contribution is -0.676. The van der Waals surface area contributed by atoms with Crippen molar-refractivity contribution in [3.05, 3.63) is 29.8 Å². The second-order valence-corrected chi connectivity index (χ2v) is 10.1. The number of methoxy groups -OCH3 is 1. The van der Waals surface area contributed by atoms with Crippen molar-refractivity contribution >= 4 is 23.5 Å². The number of ether oxygens (including phenoxy) is 1. The highest BCUT2D eigenvalue weighted by Crippen LogP contribution is 2.61. The van der Waals surface area contributed by atoms with E-state index in [2.05, 4.69) is 5.32 Å². The number of nitrogens with zero attached hydrogens (tertiary/aromatic N) is 1. The van der Waals surface area contributed by atoms with Crippen LogP contribution in [0.1, 0.15) is 61.7 Å². The predicted molar refractivity (Wildman–Crippen MR) is 111 cm³/mol. The molecule has 160 valence electrons. The van der Waals surface area contributed by atoms with Gasteiger partial charge in [-0.3, -0.25) is 9.59 Å². The third-order valence-corrected chi connectivity index (χ3v) is 8.02. The SMILES string of the molecule is COC(=O)c1ccc(N2C(=O)C[C@H]([NH2+]CCC34CC5CC(CC(C5)C3)C4)C2=O)cc1. The van der Waals surface area contributed by atoms with E-state index in [1.807, 2.05) is 0 Å². The van der Waals surface area contributed by atoms with Gasteiger partial charge in [0.1, 0.15) is 0 Å². The van der Waals surface area contributed by atoms with E-state index in [-0.39, 0.29) is 24.3 Å². The number of amides is 2. The van der Waals surface area contributed by atoms with Crippen molar-refractivity contribution in [2.24, 2.45) is 23.2 Å². The van der Waals surface area contributed by atoms with E-state index < -0.39 is 5.97 Å². The number of carbonyl (C=O) groups is 3. The Kier molecular flexibility index (Phi) is 4.92. The summed E-state index contributed by atoms with van der Waals surface area (Å²) in [6.45, 7) is 0.922. The number of rotatable bonds is 6. The molecule has 5 fully saturated rings. The molecule has 1 saturated heterocycles. The number of imide groups is 1. The summed E-state index contributed by atoms with van der Waals surface area (Å²) >= 11 is 0. The molecule has 2 amide bonds. The van der Waals surface area contributed by atoms with Gasteiger partial charge in [0.25, 0.3) is 5.91 Å². The Bertz CT molecular complexity index is 827. The van der Waals surface area contributed by atoms with Crippen LogP contribution in [-0.4, -0.2) is 37.5 Å². The average molecular weight is 412 g/mol. The van der Waals surface area contributed by atoms with E-state index in [4.69, 9.17) is 4.74 Å². The fraction of sp³-hybridized carbons (Fsp3) is 0.625. The number of hydrogen-bond acceptors (Lipinski definition) is 4. The number of quaternary nitrogens is 1. The van der Waals surface area contributed by atoms with Crippen molar-refractivity contribution in [1.82, 2.24) is 0 Å². The molecule has 5 aliphatic rings. The molecule has 6 heteroatoms. The molecular formula is C24H31N2O4+. The summed E-state index contributed by atoms with van der Waals surface area (Å²) in [5, 5.41) is 2.10. The average Bonchev–Trinajstić information content (AvgIpc) is 2.99. The zero-order chi connectivity index (χ0) is 20.9. The second kappa shape index (κ2) is 7.49. The maximum absolute atomic E-state index is 12.9. The fourth-order valence-corrected chi connectivity index (χ4v) is 7.16. The van der Waals surface area contributed by atoms with Crippen LogP contribution in [-0.2, 0) is 14.3 Å². The molecule has 30 heavy (non-hydrogen) atoms. The minimum Gasteiger partial charge on any atom is -0.465 e. The maximum Gasteiger partial charge on any atom is 0.337 e.